The number of esters is 1. The van der Waals surface area contributed by atoms with Crippen molar-refractivity contribution in [1.29, 1.82) is 0 Å². The number of aryl methyl sites for hydroxylation is 2. The first-order valence-electron chi connectivity index (χ1n) is 6.41. The maximum Gasteiger partial charge on any atom is 0.335 e. The number of rotatable bonds is 5. The average molecular weight is 245 g/mol. The molecule has 0 bridgehead atoms. The largest absolute Gasteiger partial charge is 0.463 e. The van der Waals surface area contributed by atoms with Crippen LogP contribution in [0.25, 0.3) is 0 Å². The molecule has 18 heavy (non-hydrogen) atoms. The predicted molar refractivity (Wildman–Crippen MR) is 72.7 cm³/mol. The molecule has 0 saturated heterocycles. The fraction of sp³-hybridized carbons (Fsp3) is 0.400. The van der Waals surface area contributed by atoms with E-state index in [0.717, 1.165) is 12.1 Å². The van der Waals surface area contributed by atoms with Crippen molar-refractivity contribution in [1.82, 2.24) is 0 Å². The molecule has 0 radical (unpaired) electrons. The first kappa shape index (κ1) is 12.7. The lowest BCUT2D eigenvalue weighted by molar-refractivity contribution is -0.138. The van der Waals surface area contributed by atoms with E-state index in [1.807, 2.05) is 0 Å². The Morgan fingerprint density at radius 3 is 2.94 bits per heavy atom. The molecule has 3 heteroatoms. The quantitative estimate of drug-likeness (QED) is 0.640. The van der Waals surface area contributed by atoms with Crippen molar-refractivity contribution in [3.63, 3.8) is 0 Å². The molecular formula is C15H19NO2. The Morgan fingerprint density at radius 2 is 2.17 bits per heavy atom. The molecule has 0 saturated carbocycles. The van der Waals surface area contributed by atoms with E-state index >= 15 is 0 Å². The van der Waals surface area contributed by atoms with Gasteiger partial charge in [0.05, 0.1) is 6.61 Å². The van der Waals surface area contributed by atoms with Gasteiger partial charge in [0.25, 0.3) is 0 Å². The Balaban J connectivity index is 1.90. The number of fused-ring (bicyclic) bond motifs is 1. The van der Waals surface area contributed by atoms with Gasteiger partial charge in [0.1, 0.15) is 0 Å². The Morgan fingerprint density at radius 1 is 1.39 bits per heavy atom. The van der Waals surface area contributed by atoms with Crippen LogP contribution in [0.1, 0.15) is 24.5 Å². The van der Waals surface area contributed by atoms with Gasteiger partial charge in [0.2, 0.25) is 0 Å². The van der Waals surface area contributed by atoms with E-state index < -0.39 is 0 Å². The zero-order valence-corrected chi connectivity index (χ0v) is 10.8. The van der Waals surface area contributed by atoms with Crippen molar-refractivity contribution in [2.24, 2.45) is 0 Å². The smallest absolute Gasteiger partial charge is 0.335 e. The molecule has 0 aromatic heterocycles. The van der Waals surface area contributed by atoms with Crippen LogP contribution >= 0.6 is 0 Å². The van der Waals surface area contributed by atoms with E-state index in [0.29, 0.717) is 18.7 Å². The number of anilines is 1. The van der Waals surface area contributed by atoms with Crippen molar-refractivity contribution in [3.8, 4) is 0 Å². The second-order valence-corrected chi connectivity index (χ2v) is 4.51. The maximum absolute atomic E-state index is 11.4. The molecule has 1 aliphatic carbocycles. The first-order valence-corrected chi connectivity index (χ1v) is 6.41. The highest BCUT2D eigenvalue weighted by molar-refractivity contribution is 5.88. The van der Waals surface area contributed by atoms with Crippen LogP contribution in [0.4, 0.5) is 5.69 Å². The summed E-state index contributed by atoms with van der Waals surface area (Å²) in [6, 6.07) is 6.39. The summed E-state index contributed by atoms with van der Waals surface area (Å²) < 4.78 is 4.89. The minimum Gasteiger partial charge on any atom is -0.463 e. The van der Waals surface area contributed by atoms with Gasteiger partial charge in [-0.1, -0.05) is 12.6 Å². The molecule has 0 spiro atoms. The maximum atomic E-state index is 11.4. The normalized spacial score (nSPS) is 12.9. The van der Waals surface area contributed by atoms with E-state index in [2.05, 4.69) is 30.1 Å². The molecule has 0 atom stereocenters. The van der Waals surface area contributed by atoms with Crippen LogP contribution < -0.4 is 5.32 Å². The molecule has 96 valence electrons. The summed E-state index contributed by atoms with van der Waals surface area (Å²) in [5, 5.41) is 3.21. The monoisotopic (exact) mass is 245 g/mol. The molecule has 1 aliphatic rings. The molecular weight excluding hydrogens is 226 g/mol. The van der Waals surface area contributed by atoms with Gasteiger partial charge in [-0.3, -0.25) is 0 Å². The van der Waals surface area contributed by atoms with Gasteiger partial charge in [-0.25, -0.2) is 4.79 Å². The zero-order chi connectivity index (χ0) is 13.0. The van der Waals surface area contributed by atoms with Gasteiger partial charge in [-0.15, -0.1) is 0 Å². The Bertz CT molecular complexity index is 466. The molecule has 1 aromatic carbocycles. The zero-order valence-electron chi connectivity index (χ0n) is 10.8. The number of hydrogen-bond acceptors (Lipinski definition) is 3. The Labute approximate surface area is 108 Å². The minimum atomic E-state index is -0.328. The van der Waals surface area contributed by atoms with E-state index in [9.17, 15) is 4.79 Å². The van der Waals surface area contributed by atoms with Gasteiger partial charge in [0, 0.05) is 17.8 Å². The number of carbonyl (C=O) groups excluding carboxylic acids is 1. The predicted octanol–water partition coefficient (Wildman–Crippen LogP) is 2.71. The highest BCUT2D eigenvalue weighted by Crippen LogP contribution is 2.24. The summed E-state index contributed by atoms with van der Waals surface area (Å²) in [7, 11) is 0. The van der Waals surface area contributed by atoms with Crippen LogP contribution in [-0.2, 0) is 22.4 Å². The Kier molecular flexibility index (Phi) is 4.03. The molecule has 0 fully saturated rings. The van der Waals surface area contributed by atoms with Gasteiger partial charge < -0.3 is 10.1 Å². The van der Waals surface area contributed by atoms with Crippen LogP contribution in [0.5, 0.6) is 0 Å². The average Bonchev–Trinajstić information content (AvgIpc) is 2.83. The Hall–Kier alpha value is -1.77. The van der Waals surface area contributed by atoms with E-state index in [1.54, 1.807) is 6.92 Å². The molecule has 3 nitrogen and oxygen atoms in total. The fourth-order valence-electron chi connectivity index (χ4n) is 2.20. The van der Waals surface area contributed by atoms with E-state index in [-0.39, 0.29) is 5.97 Å². The summed E-state index contributed by atoms with van der Waals surface area (Å²) in [5.41, 5.74) is 4.37. The SMILES string of the molecule is C=C(CNc1ccc2c(c1)CCC2)C(=O)OCC. The minimum absolute atomic E-state index is 0.328. The lowest BCUT2D eigenvalue weighted by atomic mass is 10.1. The van der Waals surface area contributed by atoms with Crippen LogP contribution in [0.3, 0.4) is 0 Å². The topological polar surface area (TPSA) is 38.3 Å². The van der Waals surface area contributed by atoms with Crippen molar-refractivity contribution < 1.29 is 9.53 Å². The second-order valence-electron chi connectivity index (χ2n) is 4.51. The molecule has 0 aliphatic heterocycles. The second kappa shape index (κ2) is 5.71. The van der Waals surface area contributed by atoms with Crippen molar-refractivity contribution in [3.05, 3.63) is 41.5 Å². The third kappa shape index (κ3) is 2.92. The summed E-state index contributed by atoms with van der Waals surface area (Å²) in [6.07, 6.45) is 3.59. The standard InChI is InChI=1S/C15H19NO2/c1-3-18-15(17)11(2)10-16-14-8-7-12-5-4-6-13(12)9-14/h7-9,16H,2-6,10H2,1H3. The molecule has 1 aromatic rings. The third-order valence-corrected chi connectivity index (χ3v) is 3.17. The summed E-state index contributed by atoms with van der Waals surface area (Å²) in [6.45, 7) is 6.33. The van der Waals surface area contributed by atoms with Crippen LogP contribution in [0, 0.1) is 0 Å². The van der Waals surface area contributed by atoms with E-state index in [4.69, 9.17) is 4.74 Å². The first-order chi connectivity index (χ1) is 8.70. The molecule has 0 unspecified atom stereocenters. The summed E-state index contributed by atoms with van der Waals surface area (Å²) in [5.74, 6) is -0.328. The van der Waals surface area contributed by atoms with Gasteiger partial charge in [-0.05, 0) is 49.4 Å². The molecule has 0 heterocycles. The van der Waals surface area contributed by atoms with Crippen molar-refractivity contribution in [2.45, 2.75) is 26.2 Å². The lowest BCUT2D eigenvalue weighted by Gasteiger charge is -2.10. The van der Waals surface area contributed by atoms with Crippen molar-refractivity contribution in [2.75, 3.05) is 18.5 Å². The van der Waals surface area contributed by atoms with Gasteiger partial charge in [0.15, 0.2) is 0 Å². The number of hydrogen-bond donors (Lipinski definition) is 1. The molecule has 0 amide bonds. The van der Waals surface area contributed by atoms with Crippen LogP contribution in [-0.4, -0.2) is 19.1 Å². The van der Waals surface area contributed by atoms with Gasteiger partial charge >= 0.3 is 5.97 Å². The number of nitrogens with one attached hydrogen (secondary N) is 1. The van der Waals surface area contributed by atoms with Gasteiger partial charge in [-0.2, -0.15) is 0 Å². The van der Waals surface area contributed by atoms with E-state index in [1.165, 1.54) is 24.0 Å². The highest BCUT2D eigenvalue weighted by Gasteiger charge is 2.11. The lowest BCUT2D eigenvalue weighted by Crippen LogP contribution is -2.14. The summed E-state index contributed by atoms with van der Waals surface area (Å²) in [4.78, 5) is 11.4. The fourth-order valence-corrected chi connectivity index (χ4v) is 2.20. The summed E-state index contributed by atoms with van der Waals surface area (Å²) >= 11 is 0. The van der Waals surface area contributed by atoms with Crippen LogP contribution in [0.15, 0.2) is 30.4 Å². The van der Waals surface area contributed by atoms with Crippen molar-refractivity contribution >= 4 is 11.7 Å². The highest BCUT2D eigenvalue weighted by atomic mass is 16.5. The molecule has 2 rings (SSSR count). The number of benzene rings is 1. The van der Waals surface area contributed by atoms with Crippen LogP contribution in [0.2, 0.25) is 0 Å². The number of carbonyl (C=O) groups is 1. The number of ether oxygens (including phenoxy) is 1. The third-order valence-electron chi connectivity index (χ3n) is 3.17. The molecule has 1 N–H and O–H groups in total.